The molecular formula is C29H56. The zero-order valence-corrected chi connectivity index (χ0v) is 20.4. The van der Waals surface area contributed by atoms with Crippen molar-refractivity contribution in [3.05, 3.63) is 26.0 Å². The van der Waals surface area contributed by atoms with Gasteiger partial charge in [-0.3, -0.25) is 0 Å². The van der Waals surface area contributed by atoms with E-state index in [9.17, 15) is 0 Å². The van der Waals surface area contributed by atoms with E-state index in [1.54, 1.807) is 0 Å². The molecule has 0 amide bonds. The largest absolute Gasteiger partial charge is 0.0885 e. The molecule has 0 aliphatic rings. The van der Waals surface area contributed by atoms with Crippen molar-refractivity contribution >= 4 is 0 Å². The number of rotatable bonds is 24. The van der Waals surface area contributed by atoms with Gasteiger partial charge < -0.3 is 0 Å². The Morgan fingerprint density at radius 1 is 0.517 bits per heavy atom. The Bertz CT molecular complexity index is 303. The van der Waals surface area contributed by atoms with Gasteiger partial charge in [-0.15, -0.1) is 0 Å². The molecule has 0 saturated carbocycles. The Balaban J connectivity index is 3.24. The van der Waals surface area contributed by atoms with E-state index in [0.717, 1.165) is 18.8 Å². The fourth-order valence-electron chi connectivity index (χ4n) is 4.39. The second kappa shape index (κ2) is 25.8. The summed E-state index contributed by atoms with van der Waals surface area (Å²) in [5.41, 5.74) is 0. The van der Waals surface area contributed by atoms with Crippen LogP contribution >= 0.6 is 0 Å². The van der Waals surface area contributed by atoms with Gasteiger partial charge in [0.2, 0.25) is 0 Å². The first-order valence-corrected chi connectivity index (χ1v) is 13.6. The standard InChI is InChI=1S/C29H56/c1-4-7-9-11-13-14-15-16-17-18-19-20-21-22-24-26-28-29(6-3)27-25-23-12-10-8-5-2/h8,10,29H,1-2,4-7,9,11-28H2,3H3. The minimum absolute atomic E-state index is 0.940. The Morgan fingerprint density at radius 3 is 1.34 bits per heavy atom. The van der Waals surface area contributed by atoms with E-state index in [1.807, 2.05) is 0 Å². The van der Waals surface area contributed by atoms with Crippen LogP contribution in [0.2, 0.25) is 0 Å². The van der Waals surface area contributed by atoms with Crippen LogP contribution in [0.4, 0.5) is 0 Å². The molecule has 0 heteroatoms. The molecule has 0 spiro atoms. The molecule has 0 aliphatic heterocycles. The second-order valence-corrected chi connectivity index (χ2v) is 9.26. The van der Waals surface area contributed by atoms with Crippen LogP contribution < -0.4 is 0 Å². The molecule has 0 saturated heterocycles. The molecule has 172 valence electrons. The predicted octanol–water partition coefficient (Wildman–Crippen LogP) is 10.8. The van der Waals surface area contributed by atoms with Crippen LogP contribution in [0.15, 0.2) is 12.2 Å². The van der Waals surface area contributed by atoms with E-state index in [-0.39, 0.29) is 0 Å². The van der Waals surface area contributed by atoms with Crippen molar-refractivity contribution in [3.63, 3.8) is 0 Å². The average Bonchev–Trinajstić information content (AvgIpc) is 2.74. The molecule has 0 heterocycles. The third-order valence-corrected chi connectivity index (χ3v) is 6.51. The van der Waals surface area contributed by atoms with Gasteiger partial charge >= 0.3 is 0 Å². The van der Waals surface area contributed by atoms with Gasteiger partial charge in [-0.05, 0) is 32.1 Å². The van der Waals surface area contributed by atoms with Crippen molar-refractivity contribution in [2.75, 3.05) is 0 Å². The van der Waals surface area contributed by atoms with Crippen LogP contribution in [0.3, 0.4) is 0 Å². The number of hydrogen-bond donors (Lipinski definition) is 0. The highest BCUT2D eigenvalue weighted by Crippen LogP contribution is 2.21. The fourth-order valence-corrected chi connectivity index (χ4v) is 4.39. The first kappa shape index (κ1) is 28.7. The van der Waals surface area contributed by atoms with E-state index in [0.29, 0.717) is 0 Å². The molecule has 0 nitrogen and oxygen atoms in total. The zero-order chi connectivity index (χ0) is 21.3. The van der Waals surface area contributed by atoms with E-state index >= 15 is 0 Å². The Kier molecular flexibility index (Phi) is 25.5. The highest BCUT2D eigenvalue weighted by Gasteiger charge is 2.05. The van der Waals surface area contributed by atoms with Crippen molar-refractivity contribution in [3.8, 4) is 0 Å². The Labute approximate surface area is 186 Å². The maximum Gasteiger partial charge on any atom is -0.0351 e. The maximum atomic E-state index is 3.92. The summed E-state index contributed by atoms with van der Waals surface area (Å²) in [5.74, 6) is 0.982. The molecule has 0 aromatic heterocycles. The zero-order valence-electron chi connectivity index (χ0n) is 20.4. The smallest absolute Gasteiger partial charge is 0.0351 e. The second-order valence-electron chi connectivity index (χ2n) is 9.26. The van der Waals surface area contributed by atoms with Gasteiger partial charge in [0, 0.05) is 0 Å². The summed E-state index contributed by atoms with van der Waals surface area (Å²) in [4.78, 5) is 0. The number of unbranched alkanes of at least 4 members (excludes halogenated alkanes) is 17. The quantitative estimate of drug-likeness (QED) is 0.111. The molecule has 0 fully saturated rings. The fraction of sp³-hybridized carbons (Fsp3) is 0.862. The minimum atomic E-state index is 0.940. The van der Waals surface area contributed by atoms with Crippen molar-refractivity contribution < 1.29 is 0 Å². The summed E-state index contributed by atoms with van der Waals surface area (Å²) in [7, 11) is 0. The van der Waals surface area contributed by atoms with Gasteiger partial charge in [0.1, 0.15) is 0 Å². The van der Waals surface area contributed by atoms with Crippen molar-refractivity contribution in [2.45, 2.75) is 155 Å². The summed E-state index contributed by atoms with van der Waals surface area (Å²) in [6.45, 7) is 10.2. The van der Waals surface area contributed by atoms with Crippen LogP contribution in [0.1, 0.15) is 155 Å². The van der Waals surface area contributed by atoms with Crippen LogP contribution in [-0.4, -0.2) is 0 Å². The van der Waals surface area contributed by atoms with Gasteiger partial charge in [-0.25, -0.2) is 0 Å². The van der Waals surface area contributed by atoms with E-state index in [1.165, 1.54) is 135 Å². The van der Waals surface area contributed by atoms with Crippen LogP contribution in [0, 0.1) is 19.8 Å². The molecular weight excluding hydrogens is 348 g/mol. The summed E-state index contributed by atoms with van der Waals surface area (Å²) < 4.78 is 0. The lowest BCUT2D eigenvalue weighted by atomic mass is 9.92. The van der Waals surface area contributed by atoms with Crippen molar-refractivity contribution in [1.29, 1.82) is 0 Å². The normalized spacial score (nSPS) is 12.8. The van der Waals surface area contributed by atoms with E-state index < -0.39 is 0 Å². The van der Waals surface area contributed by atoms with E-state index in [4.69, 9.17) is 0 Å². The molecule has 0 rings (SSSR count). The lowest BCUT2D eigenvalue weighted by molar-refractivity contribution is 0.397. The van der Waals surface area contributed by atoms with Gasteiger partial charge in [-0.1, -0.05) is 154 Å². The minimum Gasteiger partial charge on any atom is -0.0885 e. The SMILES string of the molecule is [CH2]CC=CCCCCC(CC)CCCCCCCCCCCCCCCCC[CH2]. The van der Waals surface area contributed by atoms with Crippen molar-refractivity contribution in [1.82, 2.24) is 0 Å². The van der Waals surface area contributed by atoms with Crippen LogP contribution in [0.5, 0.6) is 0 Å². The Hall–Kier alpha value is -0.260. The van der Waals surface area contributed by atoms with Gasteiger partial charge in [0.05, 0.1) is 0 Å². The third kappa shape index (κ3) is 23.9. The van der Waals surface area contributed by atoms with Gasteiger partial charge in [-0.2, -0.15) is 0 Å². The number of allylic oxidation sites excluding steroid dienone is 2. The van der Waals surface area contributed by atoms with Crippen LogP contribution in [-0.2, 0) is 0 Å². The highest BCUT2D eigenvalue weighted by molar-refractivity contribution is 4.82. The molecule has 2 radical (unpaired) electrons. The first-order valence-electron chi connectivity index (χ1n) is 13.6. The summed E-state index contributed by atoms with van der Waals surface area (Å²) >= 11 is 0. The topological polar surface area (TPSA) is 0 Å². The third-order valence-electron chi connectivity index (χ3n) is 6.51. The molecule has 0 aromatic rings. The van der Waals surface area contributed by atoms with Crippen LogP contribution in [0.25, 0.3) is 0 Å². The summed E-state index contributed by atoms with van der Waals surface area (Å²) in [6.07, 6.45) is 36.7. The lowest BCUT2D eigenvalue weighted by Gasteiger charge is -2.14. The van der Waals surface area contributed by atoms with E-state index in [2.05, 4.69) is 32.9 Å². The molecule has 29 heavy (non-hydrogen) atoms. The van der Waals surface area contributed by atoms with Gasteiger partial charge in [0.25, 0.3) is 0 Å². The molecule has 0 aliphatic carbocycles. The molecule has 0 aromatic carbocycles. The van der Waals surface area contributed by atoms with Crippen molar-refractivity contribution in [2.24, 2.45) is 5.92 Å². The monoisotopic (exact) mass is 404 g/mol. The lowest BCUT2D eigenvalue weighted by Crippen LogP contribution is -1.99. The molecule has 1 unspecified atom stereocenters. The molecule has 1 atom stereocenters. The Morgan fingerprint density at radius 2 is 0.931 bits per heavy atom. The number of hydrogen-bond acceptors (Lipinski definition) is 0. The highest BCUT2D eigenvalue weighted by atomic mass is 14.1. The molecule has 0 bridgehead atoms. The molecule has 0 N–H and O–H groups in total. The summed E-state index contributed by atoms with van der Waals surface area (Å²) in [6, 6.07) is 0. The average molecular weight is 405 g/mol. The maximum absolute atomic E-state index is 3.92. The summed E-state index contributed by atoms with van der Waals surface area (Å²) in [5, 5.41) is 0. The van der Waals surface area contributed by atoms with Gasteiger partial charge in [0.15, 0.2) is 0 Å². The first-order chi connectivity index (χ1) is 14.3. The predicted molar refractivity (Wildman–Crippen MR) is 135 cm³/mol.